The zero-order chi connectivity index (χ0) is 15.3. The first-order valence-electron chi connectivity index (χ1n) is 7.06. The third-order valence-electron chi connectivity index (χ3n) is 4.36. The van der Waals surface area contributed by atoms with Gasteiger partial charge >= 0.3 is 0 Å². The molecular weight excluding hydrogens is 278 g/mol. The summed E-state index contributed by atoms with van der Waals surface area (Å²) in [6.07, 6.45) is 1.54. The second kappa shape index (κ2) is 4.69. The predicted molar refractivity (Wildman–Crippen MR) is 72.9 cm³/mol. The molecule has 21 heavy (non-hydrogen) atoms. The van der Waals surface area contributed by atoms with E-state index in [2.05, 4.69) is 9.97 Å². The Bertz CT molecular complexity index is 580. The van der Waals surface area contributed by atoms with Crippen LogP contribution in [0.3, 0.4) is 0 Å². The van der Waals surface area contributed by atoms with Gasteiger partial charge in [0, 0.05) is 31.6 Å². The highest BCUT2D eigenvalue weighted by Crippen LogP contribution is 2.50. The van der Waals surface area contributed by atoms with Gasteiger partial charge in [-0.25, -0.2) is 18.7 Å². The predicted octanol–water partition coefficient (Wildman–Crippen LogP) is 1.65. The highest BCUT2D eigenvalue weighted by molar-refractivity contribution is 5.99. The zero-order valence-electron chi connectivity index (χ0n) is 11.9. The number of alkyl halides is 2. The molecule has 5 nitrogen and oxygen atoms in total. The lowest BCUT2D eigenvalue weighted by molar-refractivity contribution is -0.139. The number of nitrogens with zero attached hydrogens (tertiary/aromatic N) is 3. The second-order valence-electron chi connectivity index (χ2n) is 6.15. The van der Waals surface area contributed by atoms with E-state index < -0.39 is 23.8 Å². The fourth-order valence-electron chi connectivity index (χ4n) is 3.58. The topological polar surface area (TPSA) is 72.1 Å². The quantitative estimate of drug-likeness (QED) is 0.855. The lowest BCUT2D eigenvalue weighted by Gasteiger charge is -2.39. The van der Waals surface area contributed by atoms with Gasteiger partial charge in [0.05, 0.1) is 5.41 Å². The minimum atomic E-state index is -2.87. The van der Waals surface area contributed by atoms with Gasteiger partial charge in [0.1, 0.15) is 11.6 Å². The molecule has 0 aromatic carbocycles. The van der Waals surface area contributed by atoms with Gasteiger partial charge in [-0.3, -0.25) is 9.69 Å². The van der Waals surface area contributed by atoms with Crippen molar-refractivity contribution in [1.29, 1.82) is 0 Å². The maximum Gasteiger partial charge on any atom is 0.250 e. The number of amides is 1. The Morgan fingerprint density at radius 1 is 1.43 bits per heavy atom. The second-order valence-corrected chi connectivity index (χ2v) is 6.15. The molecule has 2 aliphatic rings. The van der Waals surface area contributed by atoms with E-state index in [0.717, 1.165) is 0 Å². The molecule has 1 aromatic heterocycles. The average Bonchev–Trinajstić information content (AvgIpc) is 2.64. The summed E-state index contributed by atoms with van der Waals surface area (Å²) in [5.74, 6) is -2.13. The molecule has 2 atom stereocenters. The standard InChI is InChI=1S/C14H18F2N4O/c1-9-18-4-2-11(19-9)20-5-3-13(12(20)21)6-10(17)7-14(15,16)8-13/h2,4,10H,3,5-8,17H2,1H3. The monoisotopic (exact) mass is 296 g/mol. The summed E-state index contributed by atoms with van der Waals surface area (Å²) in [7, 11) is 0. The van der Waals surface area contributed by atoms with E-state index in [-0.39, 0.29) is 12.3 Å². The molecule has 2 fully saturated rings. The van der Waals surface area contributed by atoms with E-state index in [0.29, 0.717) is 31.0 Å². The number of rotatable bonds is 1. The fourth-order valence-corrected chi connectivity index (χ4v) is 3.58. The molecule has 0 radical (unpaired) electrons. The molecule has 7 heteroatoms. The molecule has 114 valence electrons. The fraction of sp³-hybridized carbons (Fsp3) is 0.643. The SMILES string of the molecule is Cc1nccc(N2CCC3(CC(N)CC(F)(F)C3)C2=O)n1. The van der Waals surface area contributed by atoms with Crippen LogP contribution in [0.5, 0.6) is 0 Å². The number of carbonyl (C=O) groups is 1. The van der Waals surface area contributed by atoms with E-state index in [1.54, 1.807) is 19.2 Å². The summed E-state index contributed by atoms with van der Waals surface area (Å²) in [5.41, 5.74) is 4.72. The molecule has 1 spiro atoms. The van der Waals surface area contributed by atoms with Crippen LogP contribution in [0.1, 0.15) is 31.5 Å². The van der Waals surface area contributed by atoms with Crippen molar-refractivity contribution in [3.8, 4) is 0 Å². The van der Waals surface area contributed by atoms with Crippen LogP contribution in [-0.4, -0.2) is 34.4 Å². The minimum absolute atomic E-state index is 0.282. The average molecular weight is 296 g/mol. The molecule has 2 N–H and O–H groups in total. The summed E-state index contributed by atoms with van der Waals surface area (Å²) in [5, 5.41) is 0. The van der Waals surface area contributed by atoms with E-state index in [9.17, 15) is 13.6 Å². The van der Waals surface area contributed by atoms with Crippen molar-refractivity contribution in [2.75, 3.05) is 11.4 Å². The summed E-state index contributed by atoms with van der Waals surface area (Å²) in [6.45, 7) is 2.13. The van der Waals surface area contributed by atoms with E-state index >= 15 is 0 Å². The molecule has 1 saturated carbocycles. The van der Waals surface area contributed by atoms with E-state index in [1.165, 1.54) is 4.90 Å². The number of aryl methyl sites for hydroxylation is 1. The van der Waals surface area contributed by atoms with Gasteiger partial charge in [0.2, 0.25) is 5.91 Å². The van der Waals surface area contributed by atoms with Crippen LogP contribution in [-0.2, 0) is 4.79 Å². The van der Waals surface area contributed by atoms with Gasteiger partial charge in [0.25, 0.3) is 5.92 Å². The molecule has 2 heterocycles. The van der Waals surface area contributed by atoms with Crippen molar-refractivity contribution in [3.63, 3.8) is 0 Å². The van der Waals surface area contributed by atoms with Crippen molar-refractivity contribution in [2.45, 2.75) is 44.6 Å². The highest BCUT2D eigenvalue weighted by Gasteiger charge is 2.56. The number of hydrogen-bond donors (Lipinski definition) is 1. The molecule has 1 amide bonds. The molecule has 2 unspecified atom stereocenters. The first-order chi connectivity index (χ1) is 9.81. The number of hydrogen-bond acceptors (Lipinski definition) is 4. The normalized spacial score (nSPS) is 31.9. The van der Waals surface area contributed by atoms with E-state index in [1.807, 2.05) is 0 Å². The summed E-state index contributed by atoms with van der Waals surface area (Å²) in [6, 6.07) is 0.995. The van der Waals surface area contributed by atoms with Crippen LogP contribution in [0.15, 0.2) is 12.3 Å². The van der Waals surface area contributed by atoms with Crippen LogP contribution in [0, 0.1) is 12.3 Å². The van der Waals surface area contributed by atoms with Gasteiger partial charge in [0.15, 0.2) is 0 Å². The van der Waals surface area contributed by atoms with Gasteiger partial charge in [-0.2, -0.15) is 0 Å². The first-order valence-corrected chi connectivity index (χ1v) is 7.06. The van der Waals surface area contributed by atoms with Crippen LogP contribution in [0.25, 0.3) is 0 Å². The van der Waals surface area contributed by atoms with Crippen molar-refractivity contribution >= 4 is 11.7 Å². The zero-order valence-corrected chi connectivity index (χ0v) is 11.9. The largest absolute Gasteiger partial charge is 0.327 e. The van der Waals surface area contributed by atoms with Crippen molar-refractivity contribution in [1.82, 2.24) is 9.97 Å². The Hall–Kier alpha value is -1.63. The van der Waals surface area contributed by atoms with Gasteiger partial charge in [-0.05, 0) is 25.8 Å². The van der Waals surface area contributed by atoms with Crippen LogP contribution in [0.2, 0.25) is 0 Å². The lowest BCUT2D eigenvalue weighted by atomic mass is 9.69. The Kier molecular flexibility index (Phi) is 3.20. The highest BCUT2D eigenvalue weighted by atomic mass is 19.3. The molecule has 1 aliphatic heterocycles. The molecule has 1 aliphatic carbocycles. The summed E-state index contributed by atoms with van der Waals surface area (Å²) < 4.78 is 27.7. The maximum atomic E-state index is 13.8. The number of halogens is 2. The Balaban J connectivity index is 1.89. The molecule has 1 aromatic rings. The smallest absolute Gasteiger partial charge is 0.250 e. The molecule has 0 bridgehead atoms. The Morgan fingerprint density at radius 2 is 2.19 bits per heavy atom. The maximum absolute atomic E-state index is 13.8. The number of aromatic nitrogens is 2. The number of carbonyl (C=O) groups excluding carboxylic acids is 1. The number of anilines is 1. The van der Waals surface area contributed by atoms with Crippen LogP contribution >= 0.6 is 0 Å². The van der Waals surface area contributed by atoms with E-state index in [4.69, 9.17) is 5.73 Å². The van der Waals surface area contributed by atoms with Crippen molar-refractivity contribution < 1.29 is 13.6 Å². The van der Waals surface area contributed by atoms with Crippen molar-refractivity contribution in [3.05, 3.63) is 18.1 Å². The molecule has 3 rings (SSSR count). The first kappa shape index (κ1) is 14.3. The molecular formula is C14H18F2N4O. The number of nitrogens with two attached hydrogens (primary N) is 1. The lowest BCUT2D eigenvalue weighted by Crippen LogP contribution is -2.49. The minimum Gasteiger partial charge on any atom is -0.327 e. The van der Waals surface area contributed by atoms with Gasteiger partial charge in [-0.15, -0.1) is 0 Å². The summed E-state index contributed by atoms with van der Waals surface area (Å²) in [4.78, 5) is 22.4. The molecule has 1 saturated heterocycles. The van der Waals surface area contributed by atoms with Crippen molar-refractivity contribution in [2.24, 2.45) is 11.1 Å². The van der Waals surface area contributed by atoms with Gasteiger partial charge in [-0.1, -0.05) is 0 Å². The Labute approximate surface area is 121 Å². The summed E-state index contributed by atoms with van der Waals surface area (Å²) >= 11 is 0. The third-order valence-corrected chi connectivity index (χ3v) is 4.36. The van der Waals surface area contributed by atoms with Crippen LogP contribution < -0.4 is 10.6 Å². The Morgan fingerprint density at radius 3 is 2.86 bits per heavy atom. The van der Waals surface area contributed by atoms with Gasteiger partial charge < -0.3 is 5.73 Å². The van der Waals surface area contributed by atoms with Crippen LogP contribution in [0.4, 0.5) is 14.6 Å². The third kappa shape index (κ3) is 2.50.